The normalized spacial score (nSPS) is 10.7. The predicted molar refractivity (Wildman–Crippen MR) is 98.7 cm³/mol. The third-order valence-electron chi connectivity index (χ3n) is 3.40. The van der Waals surface area contributed by atoms with Gasteiger partial charge in [0.2, 0.25) is 5.91 Å². The smallest absolute Gasteiger partial charge is 0.244 e. The van der Waals surface area contributed by atoms with E-state index in [0.717, 1.165) is 14.5 Å². The van der Waals surface area contributed by atoms with Gasteiger partial charge >= 0.3 is 0 Å². The highest BCUT2D eigenvalue weighted by atomic mass is 79.9. The molecular formula is C17H12Br2N2O2. The van der Waals surface area contributed by atoms with Crippen LogP contribution in [0, 0.1) is 0 Å². The molecule has 0 unspecified atom stereocenters. The van der Waals surface area contributed by atoms with Crippen LogP contribution in [0.1, 0.15) is 0 Å². The number of nitrogens with zero attached hydrogens (tertiary/aromatic N) is 1. The summed E-state index contributed by atoms with van der Waals surface area (Å²) in [5.74, 6) is -0.165. The lowest BCUT2D eigenvalue weighted by molar-refractivity contribution is -0.116. The predicted octanol–water partition coefficient (Wildman–Crippen LogP) is 4.17. The number of amides is 1. The van der Waals surface area contributed by atoms with Gasteiger partial charge in [-0.25, -0.2) is 0 Å². The number of hydrogen-bond donors (Lipinski definition) is 1. The molecule has 0 spiro atoms. The van der Waals surface area contributed by atoms with Crippen LogP contribution in [0.15, 0.2) is 68.5 Å². The van der Waals surface area contributed by atoms with Gasteiger partial charge in [0.15, 0.2) is 5.43 Å². The Morgan fingerprint density at radius 3 is 2.65 bits per heavy atom. The van der Waals surface area contributed by atoms with Crippen LogP contribution < -0.4 is 10.7 Å². The molecule has 0 saturated heterocycles. The number of fused-ring (bicyclic) bond motifs is 1. The number of aromatic nitrogens is 1. The van der Waals surface area contributed by atoms with E-state index in [2.05, 4.69) is 37.2 Å². The fourth-order valence-electron chi connectivity index (χ4n) is 2.33. The van der Waals surface area contributed by atoms with Gasteiger partial charge in [-0.2, -0.15) is 0 Å². The Labute approximate surface area is 149 Å². The minimum absolute atomic E-state index is 0.0482. The van der Waals surface area contributed by atoms with E-state index in [-0.39, 0.29) is 17.9 Å². The van der Waals surface area contributed by atoms with E-state index in [9.17, 15) is 9.59 Å². The molecule has 0 fully saturated rings. The largest absolute Gasteiger partial charge is 0.338 e. The maximum atomic E-state index is 12.3. The van der Waals surface area contributed by atoms with Crippen molar-refractivity contribution in [3.05, 3.63) is 73.9 Å². The maximum Gasteiger partial charge on any atom is 0.244 e. The first-order valence-electron chi connectivity index (χ1n) is 6.88. The lowest BCUT2D eigenvalue weighted by Gasteiger charge is -2.12. The average molecular weight is 436 g/mol. The lowest BCUT2D eigenvalue weighted by atomic mass is 10.2. The summed E-state index contributed by atoms with van der Waals surface area (Å²) in [4.78, 5) is 24.2. The first kappa shape index (κ1) is 16.0. The van der Waals surface area contributed by atoms with Crippen LogP contribution in [-0.4, -0.2) is 10.5 Å². The highest BCUT2D eigenvalue weighted by Gasteiger charge is 2.09. The molecular weight excluding hydrogens is 424 g/mol. The number of pyridine rings is 1. The fraction of sp³-hybridized carbons (Fsp3) is 0.0588. The molecule has 3 aromatic rings. The molecule has 2 aromatic carbocycles. The molecule has 4 nitrogen and oxygen atoms in total. The standard InChI is InChI=1S/C17H12Br2N2O2/c18-11-5-6-14(13(19)9-11)20-17(23)10-21-8-7-16(22)12-3-1-2-4-15(12)21/h1-9H,10H2,(H,20,23). The molecule has 6 heteroatoms. The Morgan fingerprint density at radius 1 is 1.09 bits per heavy atom. The van der Waals surface area contributed by atoms with Gasteiger partial charge in [-0.05, 0) is 46.3 Å². The summed E-state index contributed by atoms with van der Waals surface area (Å²) < 4.78 is 3.48. The average Bonchev–Trinajstić information content (AvgIpc) is 2.53. The Morgan fingerprint density at radius 2 is 1.87 bits per heavy atom. The number of rotatable bonds is 3. The Hall–Kier alpha value is -1.92. The molecule has 0 radical (unpaired) electrons. The van der Waals surface area contributed by atoms with Crippen LogP contribution in [0.3, 0.4) is 0 Å². The van der Waals surface area contributed by atoms with Crippen molar-refractivity contribution in [2.75, 3.05) is 5.32 Å². The molecule has 0 saturated carbocycles. The zero-order chi connectivity index (χ0) is 16.4. The number of anilines is 1. The Kier molecular flexibility index (Phi) is 4.63. The molecule has 0 atom stereocenters. The number of carbonyl (C=O) groups is 1. The van der Waals surface area contributed by atoms with Crippen LogP contribution in [0.5, 0.6) is 0 Å². The van der Waals surface area contributed by atoms with Crippen molar-refractivity contribution in [1.29, 1.82) is 0 Å². The Bertz CT molecular complexity index is 951. The summed E-state index contributed by atoms with van der Waals surface area (Å²) in [6.07, 6.45) is 1.64. The second kappa shape index (κ2) is 6.68. The third-order valence-corrected chi connectivity index (χ3v) is 4.55. The van der Waals surface area contributed by atoms with Gasteiger partial charge in [-0.3, -0.25) is 9.59 Å². The van der Waals surface area contributed by atoms with Crippen LogP contribution in [0.25, 0.3) is 10.9 Å². The van der Waals surface area contributed by atoms with Gasteiger partial charge in [-0.1, -0.05) is 28.1 Å². The Balaban J connectivity index is 1.86. The zero-order valence-electron chi connectivity index (χ0n) is 11.9. The van der Waals surface area contributed by atoms with Gasteiger partial charge in [-0.15, -0.1) is 0 Å². The van der Waals surface area contributed by atoms with Crippen LogP contribution in [0.2, 0.25) is 0 Å². The molecule has 1 amide bonds. The summed E-state index contributed by atoms with van der Waals surface area (Å²) in [6, 6.07) is 14.3. The molecule has 1 aromatic heterocycles. The molecule has 116 valence electrons. The van der Waals surface area contributed by atoms with Gasteiger partial charge in [0.25, 0.3) is 0 Å². The van der Waals surface area contributed by atoms with Gasteiger partial charge in [0.1, 0.15) is 6.54 Å². The molecule has 0 aliphatic rings. The van der Waals surface area contributed by atoms with E-state index in [1.54, 1.807) is 16.8 Å². The summed E-state index contributed by atoms with van der Waals surface area (Å²) >= 11 is 6.79. The van der Waals surface area contributed by atoms with Crippen molar-refractivity contribution >= 4 is 54.4 Å². The number of carbonyl (C=O) groups excluding carboxylic acids is 1. The summed E-state index contributed by atoms with van der Waals surface area (Å²) in [7, 11) is 0. The third kappa shape index (κ3) is 3.54. The van der Waals surface area contributed by atoms with Gasteiger partial charge in [0.05, 0.1) is 11.2 Å². The van der Waals surface area contributed by atoms with Crippen LogP contribution in [0.4, 0.5) is 5.69 Å². The monoisotopic (exact) mass is 434 g/mol. The second-order valence-electron chi connectivity index (χ2n) is 5.00. The highest BCUT2D eigenvalue weighted by Crippen LogP contribution is 2.26. The van der Waals surface area contributed by atoms with Crippen molar-refractivity contribution < 1.29 is 4.79 Å². The fourth-order valence-corrected chi connectivity index (χ4v) is 3.48. The minimum atomic E-state index is -0.165. The highest BCUT2D eigenvalue weighted by molar-refractivity contribution is 9.11. The quantitative estimate of drug-likeness (QED) is 0.671. The molecule has 0 aliphatic heterocycles. The van der Waals surface area contributed by atoms with Crippen LogP contribution in [-0.2, 0) is 11.3 Å². The number of hydrogen-bond acceptors (Lipinski definition) is 2. The lowest BCUT2D eigenvalue weighted by Crippen LogP contribution is -2.20. The molecule has 1 N–H and O–H groups in total. The maximum absolute atomic E-state index is 12.3. The molecule has 23 heavy (non-hydrogen) atoms. The van der Waals surface area contributed by atoms with E-state index >= 15 is 0 Å². The van der Waals surface area contributed by atoms with Crippen molar-refractivity contribution in [1.82, 2.24) is 4.57 Å². The summed E-state index contributed by atoms with van der Waals surface area (Å²) in [5.41, 5.74) is 1.39. The van der Waals surface area contributed by atoms with E-state index < -0.39 is 0 Å². The second-order valence-corrected chi connectivity index (χ2v) is 6.77. The van der Waals surface area contributed by atoms with E-state index in [0.29, 0.717) is 11.1 Å². The van der Waals surface area contributed by atoms with E-state index in [1.807, 2.05) is 36.4 Å². The van der Waals surface area contributed by atoms with Crippen molar-refractivity contribution in [3.63, 3.8) is 0 Å². The molecule has 1 heterocycles. The van der Waals surface area contributed by atoms with Crippen LogP contribution >= 0.6 is 31.9 Å². The van der Waals surface area contributed by atoms with Crippen molar-refractivity contribution in [2.45, 2.75) is 6.54 Å². The van der Waals surface area contributed by atoms with Crippen molar-refractivity contribution in [2.24, 2.45) is 0 Å². The van der Waals surface area contributed by atoms with Gasteiger partial charge < -0.3 is 9.88 Å². The topological polar surface area (TPSA) is 51.1 Å². The zero-order valence-corrected chi connectivity index (χ0v) is 15.1. The number of halogens is 2. The molecule has 0 aliphatic carbocycles. The molecule has 3 rings (SSSR count). The molecule has 0 bridgehead atoms. The van der Waals surface area contributed by atoms with Gasteiger partial charge in [0, 0.05) is 26.6 Å². The number of benzene rings is 2. The SMILES string of the molecule is O=C(Cn1ccc(=O)c2ccccc21)Nc1ccc(Br)cc1Br. The first-order valence-corrected chi connectivity index (χ1v) is 8.46. The first-order chi connectivity index (χ1) is 11.0. The van der Waals surface area contributed by atoms with E-state index in [1.165, 1.54) is 6.07 Å². The minimum Gasteiger partial charge on any atom is -0.338 e. The summed E-state index contributed by atoms with van der Waals surface area (Å²) in [5, 5.41) is 3.46. The summed E-state index contributed by atoms with van der Waals surface area (Å²) in [6.45, 7) is 0.128. The van der Waals surface area contributed by atoms with E-state index in [4.69, 9.17) is 0 Å². The van der Waals surface area contributed by atoms with Crippen molar-refractivity contribution in [3.8, 4) is 0 Å². The number of nitrogens with one attached hydrogen (secondary N) is 1. The number of para-hydroxylation sites is 1.